The first-order valence-electron chi connectivity index (χ1n) is 4.43. The highest BCUT2D eigenvalue weighted by Crippen LogP contribution is 2.30. The molecule has 0 radical (unpaired) electrons. The van der Waals surface area contributed by atoms with E-state index in [0.29, 0.717) is 21.1 Å². The van der Waals surface area contributed by atoms with Crippen molar-refractivity contribution in [1.82, 2.24) is 9.97 Å². The summed E-state index contributed by atoms with van der Waals surface area (Å²) in [5.41, 5.74) is 1.10. The zero-order valence-electron chi connectivity index (χ0n) is 8.25. The second kappa shape index (κ2) is 4.29. The van der Waals surface area contributed by atoms with Gasteiger partial charge in [-0.1, -0.05) is 15.9 Å². The number of ether oxygens (including phenoxy) is 1. The van der Waals surface area contributed by atoms with Gasteiger partial charge in [-0.25, -0.2) is 9.97 Å². The van der Waals surface area contributed by atoms with Gasteiger partial charge in [0.15, 0.2) is 5.75 Å². The number of halogens is 3. The molecule has 0 fully saturated rings. The molecule has 0 atom stereocenters. The van der Waals surface area contributed by atoms with Crippen LogP contribution in [0.25, 0.3) is 10.9 Å². The molecule has 16 heavy (non-hydrogen) atoms. The summed E-state index contributed by atoms with van der Waals surface area (Å²) in [6.45, 7) is -1.09. The van der Waals surface area contributed by atoms with Crippen LogP contribution in [0, 0.1) is 6.92 Å². The Bertz CT molecular complexity index is 533. The molecule has 6 heteroatoms. The Labute approximate surface area is 98.6 Å². The molecular formula is C10H7BrF2N2O. The van der Waals surface area contributed by atoms with E-state index in [-0.39, 0.29) is 5.75 Å². The van der Waals surface area contributed by atoms with Crippen LogP contribution in [0.1, 0.15) is 5.69 Å². The average molecular weight is 289 g/mol. The zero-order valence-corrected chi connectivity index (χ0v) is 9.83. The molecule has 0 saturated heterocycles. The number of nitrogens with zero attached hydrogens (tertiary/aromatic N) is 2. The molecule has 0 amide bonds. The summed E-state index contributed by atoms with van der Waals surface area (Å²) >= 11 is 3.23. The molecule has 84 valence electrons. The smallest absolute Gasteiger partial charge is 0.387 e. The molecule has 0 saturated carbocycles. The molecule has 0 unspecified atom stereocenters. The maximum Gasteiger partial charge on any atom is 0.387 e. The van der Waals surface area contributed by atoms with Gasteiger partial charge in [-0.2, -0.15) is 8.78 Å². The molecule has 1 aromatic heterocycles. The van der Waals surface area contributed by atoms with Gasteiger partial charge in [-0.3, -0.25) is 0 Å². The lowest BCUT2D eigenvalue weighted by molar-refractivity contribution is -0.0489. The first-order chi connectivity index (χ1) is 7.58. The van der Waals surface area contributed by atoms with Gasteiger partial charge in [-0.05, 0) is 19.1 Å². The van der Waals surface area contributed by atoms with Gasteiger partial charge in [-0.15, -0.1) is 0 Å². The normalized spacial score (nSPS) is 11.1. The van der Waals surface area contributed by atoms with Gasteiger partial charge in [0.1, 0.15) is 11.8 Å². The molecular weight excluding hydrogens is 282 g/mol. The molecule has 0 spiro atoms. The minimum atomic E-state index is -2.87. The van der Waals surface area contributed by atoms with Crippen molar-refractivity contribution in [3.8, 4) is 5.75 Å². The Morgan fingerprint density at radius 3 is 2.75 bits per heavy atom. The summed E-state index contributed by atoms with van der Waals surface area (Å²) in [7, 11) is 0. The predicted octanol–water partition coefficient (Wildman–Crippen LogP) is 3.30. The topological polar surface area (TPSA) is 35.0 Å². The third-order valence-electron chi connectivity index (χ3n) is 2.08. The minimum Gasteiger partial charge on any atom is -0.432 e. The van der Waals surface area contributed by atoms with Gasteiger partial charge in [0.2, 0.25) is 0 Å². The molecule has 1 aromatic carbocycles. The van der Waals surface area contributed by atoms with Crippen molar-refractivity contribution in [3.05, 3.63) is 28.6 Å². The quantitative estimate of drug-likeness (QED) is 0.850. The summed E-state index contributed by atoms with van der Waals surface area (Å²) < 4.78 is 29.5. The van der Waals surface area contributed by atoms with Crippen LogP contribution >= 0.6 is 15.9 Å². The number of hydrogen-bond acceptors (Lipinski definition) is 3. The number of aromatic nitrogens is 2. The summed E-state index contributed by atoms with van der Waals surface area (Å²) in [6.07, 6.45) is 1.32. The van der Waals surface area contributed by atoms with Crippen molar-refractivity contribution in [2.45, 2.75) is 13.5 Å². The van der Waals surface area contributed by atoms with Gasteiger partial charge in [0, 0.05) is 15.6 Å². The lowest BCUT2D eigenvalue weighted by atomic mass is 10.2. The average Bonchev–Trinajstić information content (AvgIpc) is 2.18. The number of rotatable bonds is 2. The van der Waals surface area contributed by atoms with E-state index in [1.807, 2.05) is 0 Å². The molecule has 2 aromatic rings. The lowest BCUT2D eigenvalue weighted by Gasteiger charge is -2.09. The Morgan fingerprint density at radius 2 is 2.06 bits per heavy atom. The fourth-order valence-electron chi connectivity index (χ4n) is 1.41. The van der Waals surface area contributed by atoms with E-state index in [0.717, 1.165) is 0 Å². The van der Waals surface area contributed by atoms with E-state index in [4.69, 9.17) is 0 Å². The van der Waals surface area contributed by atoms with Crippen molar-refractivity contribution in [2.75, 3.05) is 0 Å². The minimum absolute atomic E-state index is 0.0462. The van der Waals surface area contributed by atoms with E-state index in [9.17, 15) is 8.78 Å². The third-order valence-corrected chi connectivity index (χ3v) is 2.54. The predicted molar refractivity (Wildman–Crippen MR) is 58.6 cm³/mol. The van der Waals surface area contributed by atoms with Crippen LogP contribution in [0.3, 0.4) is 0 Å². The van der Waals surface area contributed by atoms with Crippen LogP contribution in [0.4, 0.5) is 8.78 Å². The first kappa shape index (κ1) is 11.2. The molecule has 0 bridgehead atoms. The number of fused-ring (bicyclic) bond motifs is 1. The highest BCUT2D eigenvalue weighted by Gasteiger charge is 2.12. The molecule has 0 aliphatic carbocycles. The van der Waals surface area contributed by atoms with Crippen LogP contribution in [0.15, 0.2) is 22.9 Å². The van der Waals surface area contributed by atoms with E-state index >= 15 is 0 Å². The van der Waals surface area contributed by atoms with Crippen molar-refractivity contribution in [1.29, 1.82) is 0 Å². The van der Waals surface area contributed by atoms with Crippen LogP contribution in [0.2, 0.25) is 0 Å². The van der Waals surface area contributed by atoms with Crippen LogP contribution in [-0.4, -0.2) is 16.6 Å². The summed E-state index contributed by atoms with van der Waals surface area (Å²) in [6, 6.07) is 3.23. The summed E-state index contributed by atoms with van der Waals surface area (Å²) in [5.74, 6) is 0.0462. The molecule has 0 aliphatic heterocycles. The monoisotopic (exact) mass is 288 g/mol. The lowest BCUT2D eigenvalue weighted by Crippen LogP contribution is -2.03. The van der Waals surface area contributed by atoms with E-state index < -0.39 is 6.61 Å². The number of alkyl halides is 2. The van der Waals surface area contributed by atoms with E-state index in [2.05, 4.69) is 30.6 Å². The summed E-state index contributed by atoms with van der Waals surface area (Å²) in [4.78, 5) is 7.94. The standard InChI is InChI=1S/C10H7BrF2N2O/c1-5-7-2-6(11)3-8(16-10(12)13)9(7)15-4-14-5/h2-4,10H,1H3. The molecule has 0 N–H and O–H groups in total. The fraction of sp³-hybridized carbons (Fsp3) is 0.200. The second-order valence-electron chi connectivity index (χ2n) is 3.14. The number of aryl methyl sites for hydroxylation is 1. The van der Waals surface area contributed by atoms with Gasteiger partial charge < -0.3 is 4.74 Å². The van der Waals surface area contributed by atoms with E-state index in [1.165, 1.54) is 12.4 Å². The number of benzene rings is 1. The van der Waals surface area contributed by atoms with Crippen molar-refractivity contribution < 1.29 is 13.5 Å². The van der Waals surface area contributed by atoms with Gasteiger partial charge >= 0.3 is 6.61 Å². The first-order valence-corrected chi connectivity index (χ1v) is 5.23. The highest BCUT2D eigenvalue weighted by atomic mass is 79.9. The van der Waals surface area contributed by atoms with Crippen LogP contribution < -0.4 is 4.74 Å². The second-order valence-corrected chi connectivity index (χ2v) is 4.05. The van der Waals surface area contributed by atoms with Crippen LogP contribution in [-0.2, 0) is 0 Å². The highest BCUT2D eigenvalue weighted by molar-refractivity contribution is 9.10. The largest absolute Gasteiger partial charge is 0.432 e. The van der Waals surface area contributed by atoms with Crippen molar-refractivity contribution in [3.63, 3.8) is 0 Å². The molecule has 2 rings (SSSR count). The maximum absolute atomic E-state index is 12.2. The van der Waals surface area contributed by atoms with E-state index in [1.54, 1.807) is 13.0 Å². The Kier molecular flexibility index (Phi) is 3.00. The molecule has 1 heterocycles. The SMILES string of the molecule is Cc1ncnc2c(OC(F)F)cc(Br)cc12. The van der Waals surface area contributed by atoms with Gasteiger partial charge in [0.25, 0.3) is 0 Å². The number of hydrogen-bond donors (Lipinski definition) is 0. The summed E-state index contributed by atoms with van der Waals surface area (Å²) in [5, 5.41) is 0.688. The zero-order chi connectivity index (χ0) is 11.7. The molecule has 0 aliphatic rings. The maximum atomic E-state index is 12.2. The fourth-order valence-corrected chi connectivity index (χ4v) is 1.85. The Balaban J connectivity index is 2.68. The van der Waals surface area contributed by atoms with Crippen LogP contribution in [0.5, 0.6) is 5.75 Å². The third kappa shape index (κ3) is 2.11. The van der Waals surface area contributed by atoms with Gasteiger partial charge in [0.05, 0.1) is 0 Å². The Morgan fingerprint density at radius 1 is 1.31 bits per heavy atom. The molecule has 3 nitrogen and oxygen atoms in total. The van der Waals surface area contributed by atoms with Crippen molar-refractivity contribution in [2.24, 2.45) is 0 Å². The Hall–Kier alpha value is -1.30. The van der Waals surface area contributed by atoms with Crippen molar-refractivity contribution >= 4 is 26.8 Å².